The second kappa shape index (κ2) is 7.17. The number of carbonyl (C=O) groups excluding carboxylic acids is 1. The molecular formula is C23H21NO4. The van der Waals surface area contributed by atoms with Gasteiger partial charge in [0.2, 0.25) is 0 Å². The van der Waals surface area contributed by atoms with Crippen molar-refractivity contribution in [3.63, 3.8) is 0 Å². The lowest BCUT2D eigenvalue weighted by Crippen LogP contribution is -2.56. The molecule has 1 saturated heterocycles. The summed E-state index contributed by atoms with van der Waals surface area (Å²) in [5.41, 5.74) is 4.17. The molecule has 2 aliphatic heterocycles. The third kappa shape index (κ3) is 3.08. The summed E-state index contributed by atoms with van der Waals surface area (Å²) in [6.07, 6.45) is 4.38. The number of rotatable bonds is 3. The number of para-hydroxylation sites is 1. The van der Waals surface area contributed by atoms with Gasteiger partial charge in [-0.2, -0.15) is 0 Å². The van der Waals surface area contributed by atoms with E-state index in [1.54, 1.807) is 0 Å². The van der Waals surface area contributed by atoms with Crippen LogP contribution in [0, 0.1) is 0 Å². The highest BCUT2D eigenvalue weighted by Gasteiger charge is 2.39. The van der Waals surface area contributed by atoms with Crippen LogP contribution in [0.5, 0.6) is 0 Å². The van der Waals surface area contributed by atoms with Gasteiger partial charge in [-0.05, 0) is 23.6 Å². The van der Waals surface area contributed by atoms with Crippen LogP contribution >= 0.6 is 0 Å². The monoisotopic (exact) mass is 375 g/mol. The van der Waals surface area contributed by atoms with E-state index >= 15 is 0 Å². The Kier molecular flexibility index (Phi) is 4.37. The maximum Gasteiger partial charge on any atom is 0.411 e. The molecule has 0 saturated carbocycles. The van der Waals surface area contributed by atoms with Gasteiger partial charge in [0.05, 0.1) is 31.6 Å². The molecule has 5 nitrogen and oxygen atoms in total. The van der Waals surface area contributed by atoms with Crippen molar-refractivity contribution in [2.75, 3.05) is 13.2 Å². The van der Waals surface area contributed by atoms with Crippen LogP contribution in [0.25, 0.3) is 16.5 Å². The van der Waals surface area contributed by atoms with Crippen molar-refractivity contribution < 1.29 is 18.7 Å². The lowest BCUT2D eigenvalue weighted by atomic mass is 9.90. The van der Waals surface area contributed by atoms with E-state index in [0.29, 0.717) is 13.2 Å². The molecule has 2 bridgehead atoms. The van der Waals surface area contributed by atoms with Crippen molar-refractivity contribution >= 4 is 22.6 Å². The molecule has 2 atom stereocenters. The zero-order chi connectivity index (χ0) is 18.9. The topological polar surface area (TPSA) is 51.9 Å². The molecule has 1 aromatic heterocycles. The summed E-state index contributed by atoms with van der Waals surface area (Å²) in [5, 5.41) is 1.10. The van der Waals surface area contributed by atoms with Crippen LogP contribution in [0.4, 0.5) is 4.79 Å². The molecule has 1 fully saturated rings. The van der Waals surface area contributed by atoms with Crippen molar-refractivity contribution in [1.82, 2.24) is 4.90 Å². The summed E-state index contributed by atoms with van der Waals surface area (Å²) in [5.74, 6) is 0. The van der Waals surface area contributed by atoms with Gasteiger partial charge < -0.3 is 13.9 Å². The highest BCUT2D eigenvalue weighted by Crippen LogP contribution is 2.36. The summed E-state index contributed by atoms with van der Waals surface area (Å²) >= 11 is 0. The van der Waals surface area contributed by atoms with Gasteiger partial charge in [0.15, 0.2) is 0 Å². The van der Waals surface area contributed by atoms with E-state index in [2.05, 4.69) is 12.1 Å². The van der Waals surface area contributed by atoms with E-state index in [9.17, 15) is 4.79 Å². The molecule has 142 valence electrons. The van der Waals surface area contributed by atoms with E-state index in [4.69, 9.17) is 13.9 Å². The zero-order valence-electron chi connectivity index (χ0n) is 15.4. The first-order chi connectivity index (χ1) is 13.8. The number of furan rings is 1. The summed E-state index contributed by atoms with van der Waals surface area (Å²) in [7, 11) is 0. The van der Waals surface area contributed by atoms with Crippen LogP contribution in [-0.2, 0) is 16.1 Å². The maximum absolute atomic E-state index is 12.8. The molecule has 0 spiro atoms. The molecule has 5 rings (SSSR count). The van der Waals surface area contributed by atoms with Crippen molar-refractivity contribution in [3.05, 3.63) is 78.1 Å². The number of nitrogens with zero attached hydrogens (tertiary/aromatic N) is 1. The van der Waals surface area contributed by atoms with Crippen LogP contribution in [-0.4, -0.2) is 36.3 Å². The first-order valence-electron chi connectivity index (χ1n) is 9.53. The fourth-order valence-electron chi connectivity index (χ4n) is 4.10. The Bertz CT molecular complexity index is 1020. The largest absolute Gasteiger partial charge is 0.464 e. The third-order valence-electron chi connectivity index (χ3n) is 5.44. The Balaban J connectivity index is 1.38. The molecule has 2 unspecified atom stereocenters. The number of carbonyl (C=O) groups is 1. The molecule has 3 aromatic rings. The average Bonchev–Trinajstić information content (AvgIpc) is 3.16. The number of fused-ring (bicyclic) bond motifs is 3. The van der Waals surface area contributed by atoms with Crippen molar-refractivity contribution in [3.8, 4) is 0 Å². The van der Waals surface area contributed by atoms with Crippen molar-refractivity contribution in [2.45, 2.75) is 25.1 Å². The molecule has 3 heterocycles. The second-order valence-electron chi connectivity index (χ2n) is 7.25. The first-order valence-corrected chi connectivity index (χ1v) is 9.53. The Hall–Kier alpha value is -3.05. The number of ether oxygens (including phenoxy) is 2. The predicted molar refractivity (Wildman–Crippen MR) is 106 cm³/mol. The second-order valence-corrected chi connectivity index (χ2v) is 7.25. The molecule has 0 aliphatic carbocycles. The lowest BCUT2D eigenvalue weighted by Gasteiger charge is -2.43. The van der Waals surface area contributed by atoms with Crippen molar-refractivity contribution in [1.29, 1.82) is 0 Å². The summed E-state index contributed by atoms with van der Waals surface area (Å²) in [6, 6.07) is 17.6. The van der Waals surface area contributed by atoms with E-state index in [1.165, 1.54) is 5.57 Å². The fourth-order valence-corrected chi connectivity index (χ4v) is 4.10. The SMILES string of the molecule is O=C(OCc1ccccc1)N1C2C=C(c3coc4ccccc34)CC1COC2. The number of hydrogen-bond acceptors (Lipinski definition) is 4. The van der Waals surface area contributed by atoms with Gasteiger partial charge in [-0.1, -0.05) is 54.6 Å². The van der Waals surface area contributed by atoms with Crippen LogP contribution in [0.2, 0.25) is 0 Å². The van der Waals surface area contributed by atoms with Gasteiger partial charge in [-0.3, -0.25) is 4.90 Å². The minimum atomic E-state index is -0.283. The van der Waals surface area contributed by atoms with Gasteiger partial charge in [-0.15, -0.1) is 0 Å². The minimum absolute atomic E-state index is 0.0318. The van der Waals surface area contributed by atoms with Crippen LogP contribution < -0.4 is 0 Å². The Morgan fingerprint density at radius 3 is 2.75 bits per heavy atom. The summed E-state index contributed by atoms with van der Waals surface area (Å²) in [4.78, 5) is 14.6. The Morgan fingerprint density at radius 1 is 1.07 bits per heavy atom. The standard InChI is InChI=1S/C23H21NO4/c25-23(28-12-16-6-2-1-3-7-16)24-18-10-17(11-19(24)14-26-13-18)21-15-27-22-9-5-4-8-20(21)22/h1-10,15,18-19H,11-14H2. The number of benzene rings is 2. The number of amides is 1. The summed E-state index contributed by atoms with van der Waals surface area (Å²) in [6.45, 7) is 1.28. The maximum atomic E-state index is 12.8. The third-order valence-corrected chi connectivity index (χ3v) is 5.44. The average molecular weight is 375 g/mol. The lowest BCUT2D eigenvalue weighted by molar-refractivity contribution is -0.0342. The molecule has 1 amide bonds. The van der Waals surface area contributed by atoms with Gasteiger partial charge in [-0.25, -0.2) is 4.79 Å². The fraction of sp³-hybridized carbons (Fsp3) is 0.261. The van der Waals surface area contributed by atoms with Gasteiger partial charge in [0, 0.05) is 10.9 Å². The normalized spacial score (nSPS) is 21.4. The molecule has 5 heteroatoms. The molecule has 2 aliphatic rings. The van der Waals surface area contributed by atoms with Crippen LogP contribution in [0.3, 0.4) is 0 Å². The smallest absolute Gasteiger partial charge is 0.411 e. The molecule has 2 aromatic carbocycles. The van der Waals surface area contributed by atoms with E-state index in [1.807, 2.05) is 59.7 Å². The Morgan fingerprint density at radius 2 is 1.89 bits per heavy atom. The summed E-state index contributed by atoms with van der Waals surface area (Å²) < 4.78 is 17.0. The van der Waals surface area contributed by atoms with E-state index in [-0.39, 0.29) is 24.8 Å². The number of hydrogen-bond donors (Lipinski definition) is 0. The zero-order valence-corrected chi connectivity index (χ0v) is 15.4. The highest BCUT2D eigenvalue weighted by molar-refractivity contribution is 5.91. The van der Waals surface area contributed by atoms with Gasteiger partial charge >= 0.3 is 6.09 Å². The highest BCUT2D eigenvalue weighted by atomic mass is 16.6. The van der Waals surface area contributed by atoms with Gasteiger partial charge in [0.1, 0.15) is 12.2 Å². The number of morpholine rings is 1. The van der Waals surface area contributed by atoms with Crippen LogP contribution in [0.1, 0.15) is 17.5 Å². The quantitative estimate of drug-likeness (QED) is 0.670. The molecule has 28 heavy (non-hydrogen) atoms. The van der Waals surface area contributed by atoms with Gasteiger partial charge in [0.25, 0.3) is 0 Å². The molecular weight excluding hydrogens is 354 g/mol. The van der Waals surface area contributed by atoms with Crippen molar-refractivity contribution in [2.24, 2.45) is 0 Å². The van der Waals surface area contributed by atoms with Crippen LogP contribution in [0.15, 0.2) is 71.4 Å². The molecule has 0 N–H and O–H groups in total. The molecule has 0 radical (unpaired) electrons. The first kappa shape index (κ1) is 17.1. The van der Waals surface area contributed by atoms with E-state index in [0.717, 1.165) is 28.5 Å². The Labute approximate surface area is 163 Å². The minimum Gasteiger partial charge on any atom is -0.464 e. The predicted octanol–water partition coefficient (Wildman–Crippen LogP) is 4.63. The van der Waals surface area contributed by atoms with E-state index < -0.39 is 0 Å².